The van der Waals surface area contributed by atoms with Crippen LogP contribution in [0.25, 0.3) is 75.1 Å². The first-order chi connectivity index (χ1) is 19.8. The summed E-state index contributed by atoms with van der Waals surface area (Å²) < 4.78 is 2.68. The minimum atomic E-state index is 1.29. The predicted molar refractivity (Wildman–Crippen MR) is 175 cm³/mol. The van der Waals surface area contributed by atoms with Gasteiger partial charge in [-0.05, 0) is 73.8 Å². The van der Waals surface area contributed by atoms with Gasteiger partial charge in [0.2, 0.25) is 0 Å². The predicted octanol–water partition coefficient (Wildman–Crippen LogP) is 11.8. The number of hydrogen-bond donors (Lipinski definition) is 0. The van der Waals surface area contributed by atoms with E-state index >= 15 is 0 Å². The molecule has 0 aliphatic carbocycles. The van der Waals surface area contributed by atoms with Crippen molar-refractivity contribution in [1.82, 2.24) is 0 Å². The normalized spacial score (nSPS) is 12.4. The van der Waals surface area contributed by atoms with Gasteiger partial charge in [-0.25, -0.2) is 0 Å². The smallest absolute Gasteiger partial charge is 0.0361 e. The topological polar surface area (TPSA) is 0 Å². The first-order valence-electron chi connectivity index (χ1n) is 13.6. The van der Waals surface area contributed by atoms with Gasteiger partial charge in [0.25, 0.3) is 0 Å². The molecule has 0 unspecified atom stereocenters. The Labute approximate surface area is 240 Å². The number of thiophene rings is 1. The number of benzene rings is 7. The third-order valence-electron chi connectivity index (χ3n) is 8.31. The van der Waals surface area contributed by atoms with Crippen LogP contribution in [0.5, 0.6) is 0 Å². The van der Waals surface area contributed by atoms with Gasteiger partial charge in [0, 0.05) is 35.3 Å². The summed E-state index contributed by atoms with van der Waals surface area (Å²) >= 11 is 3.77. The maximum absolute atomic E-state index is 2.35. The SMILES string of the molecule is c1ccc2c(c1)Sc1ccc(-c3ccc(-c4cccc5sc6ccccc6c45)c4ccccc34)c3cccc-2c13. The lowest BCUT2D eigenvalue weighted by molar-refractivity contribution is 1.40. The largest absolute Gasteiger partial charge is 0.135 e. The van der Waals surface area contributed by atoms with Gasteiger partial charge in [-0.2, -0.15) is 0 Å². The van der Waals surface area contributed by atoms with E-state index in [-0.39, 0.29) is 0 Å². The van der Waals surface area contributed by atoms with Crippen LogP contribution in [-0.4, -0.2) is 0 Å². The van der Waals surface area contributed by atoms with Crippen LogP contribution in [0.15, 0.2) is 143 Å². The fourth-order valence-electron chi connectivity index (χ4n) is 6.58. The molecule has 1 aliphatic heterocycles. The van der Waals surface area contributed by atoms with Crippen LogP contribution in [0, 0.1) is 0 Å². The molecule has 186 valence electrons. The molecular weight excluding hydrogens is 521 g/mol. The van der Waals surface area contributed by atoms with Gasteiger partial charge in [-0.15, -0.1) is 11.3 Å². The third kappa shape index (κ3) is 3.15. The zero-order valence-corrected chi connectivity index (χ0v) is 23.2. The number of fused-ring (bicyclic) bond motifs is 6. The van der Waals surface area contributed by atoms with Crippen LogP contribution in [0.2, 0.25) is 0 Å². The lowest BCUT2D eigenvalue weighted by Crippen LogP contribution is -1.94. The van der Waals surface area contributed by atoms with E-state index in [0.29, 0.717) is 0 Å². The fourth-order valence-corrected chi connectivity index (χ4v) is 8.84. The summed E-state index contributed by atoms with van der Waals surface area (Å²) in [7, 11) is 0. The van der Waals surface area contributed by atoms with Crippen LogP contribution < -0.4 is 0 Å². The second kappa shape index (κ2) is 8.56. The Morgan fingerprint density at radius 2 is 0.850 bits per heavy atom. The lowest BCUT2D eigenvalue weighted by atomic mass is 9.87. The van der Waals surface area contributed by atoms with E-state index in [0.717, 1.165) is 0 Å². The van der Waals surface area contributed by atoms with Crippen molar-refractivity contribution in [3.63, 3.8) is 0 Å². The van der Waals surface area contributed by atoms with Crippen molar-refractivity contribution in [2.24, 2.45) is 0 Å². The van der Waals surface area contributed by atoms with Crippen molar-refractivity contribution in [2.45, 2.75) is 9.79 Å². The number of rotatable bonds is 2. The molecule has 7 aromatic carbocycles. The highest BCUT2D eigenvalue weighted by atomic mass is 32.2. The van der Waals surface area contributed by atoms with E-state index in [9.17, 15) is 0 Å². The van der Waals surface area contributed by atoms with Crippen LogP contribution in [0.4, 0.5) is 0 Å². The average molecular weight is 543 g/mol. The van der Waals surface area contributed by atoms with Gasteiger partial charge in [-0.1, -0.05) is 121 Å². The molecule has 0 saturated heterocycles. The molecule has 9 rings (SSSR count). The van der Waals surface area contributed by atoms with E-state index < -0.39 is 0 Å². The summed E-state index contributed by atoms with van der Waals surface area (Å²) in [5.41, 5.74) is 7.85. The van der Waals surface area contributed by atoms with Gasteiger partial charge < -0.3 is 0 Å². The number of hydrogen-bond acceptors (Lipinski definition) is 2. The van der Waals surface area contributed by atoms with E-state index in [2.05, 4.69) is 133 Å². The fraction of sp³-hybridized carbons (Fsp3) is 0. The van der Waals surface area contributed by atoms with Crippen molar-refractivity contribution in [3.05, 3.63) is 133 Å². The molecule has 0 radical (unpaired) electrons. The third-order valence-corrected chi connectivity index (χ3v) is 10.6. The Kier molecular flexibility index (Phi) is 4.81. The van der Waals surface area contributed by atoms with Gasteiger partial charge in [0.15, 0.2) is 0 Å². The molecule has 0 bridgehead atoms. The lowest BCUT2D eigenvalue weighted by Gasteiger charge is -2.22. The molecule has 0 amide bonds. The maximum atomic E-state index is 2.35. The van der Waals surface area contributed by atoms with Gasteiger partial charge in [0.05, 0.1) is 0 Å². The molecule has 0 spiro atoms. The summed E-state index contributed by atoms with van der Waals surface area (Å²) in [5.74, 6) is 0. The Bertz CT molecular complexity index is 2300. The molecule has 8 aromatic rings. The van der Waals surface area contributed by atoms with E-state index in [1.807, 2.05) is 23.1 Å². The molecule has 0 fully saturated rings. The maximum Gasteiger partial charge on any atom is 0.0361 e. The van der Waals surface area contributed by atoms with Crippen LogP contribution in [0.3, 0.4) is 0 Å². The summed E-state index contributed by atoms with van der Waals surface area (Å²) in [6, 6.07) is 49.4. The Hall–Kier alpha value is -4.37. The molecule has 0 saturated carbocycles. The van der Waals surface area contributed by atoms with Crippen molar-refractivity contribution < 1.29 is 0 Å². The summed E-state index contributed by atoms with van der Waals surface area (Å²) in [4.78, 5) is 2.67. The Morgan fingerprint density at radius 1 is 0.300 bits per heavy atom. The molecular formula is C38H22S2. The van der Waals surface area contributed by atoms with Crippen molar-refractivity contribution >= 4 is 64.8 Å². The second-order valence-electron chi connectivity index (χ2n) is 10.4. The molecule has 1 aromatic heterocycles. The summed E-state index contributed by atoms with van der Waals surface area (Å²) in [6.07, 6.45) is 0. The highest BCUT2D eigenvalue weighted by molar-refractivity contribution is 7.99. The molecule has 1 aliphatic rings. The van der Waals surface area contributed by atoms with Crippen LogP contribution >= 0.6 is 23.1 Å². The van der Waals surface area contributed by atoms with Crippen molar-refractivity contribution in [3.8, 4) is 33.4 Å². The molecule has 40 heavy (non-hydrogen) atoms. The van der Waals surface area contributed by atoms with Crippen LogP contribution in [-0.2, 0) is 0 Å². The highest BCUT2D eigenvalue weighted by Gasteiger charge is 2.21. The molecule has 0 nitrogen and oxygen atoms in total. The monoisotopic (exact) mass is 542 g/mol. The minimum Gasteiger partial charge on any atom is -0.135 e. The average Bonchev–Trinajstić information content (AvgIpc) is 3.40. The quantitative estimate of drug-likeness (QED) is 0.209. The van der Waals surface area contributed by atoms with Gasteiger partial charge in [-0.3, -0.25) is 0 Å². The van der Waals surface area contributed by atoms with Crippen molar-refractivity contribution in [1.29, 1.82) is 0 Å². The zero-order chi connectivity index (χ0) is 26.2. The highest BCUT2D eigenvalue weighted by Crippen LogP contribution is 2.50. The minimum absolute atomic E-state index is 1.29. The summed E-state index contributed by atoms with van der Waals surface area (Å²) in [6.45, 7) is 0. The second-order valence-corrected chi connectivity index (χ2v) is 12.6. The molecule has 2 heteroatoms. The van der Waals surface area contributed by atoms with E-state index in [4.69, 9.17) is 0 Å². The molecule has 0 N–H and O–H groups in total. The van der Waals surface area contributed by atoms with E-state index in [1.165, 1.54) is 84.9 Å². The first-order valence-corrected chi connectivity index (χ1v) is 15.2. The summed E-state index contributed by atoms with van der Waals surface area (Å²) in [5, 5.41) is 7.97. The first kappa shape index (κ1) is 22.4. The van der Waals surface area contributed by atoms with Crippen molar-refractivity contribution in [2.75, 3.05) is 0 Å². The standard InChI is InChI=1S/C38H22S2/c1-2-10-24-23(9-1)25(19-20-26(24)30-15-8-18-35-38(30)32-12-4-6-17-34(32)40-35)27-21-22-36-37-29(27)13-7-14-31(37)28-11-3-5-16-33(28)39-36/h1-22H. The molecule has 2 heterocycles. The Morgan fingerprint density at radius 3 is 1.70 bits per heavy atom. The van der Waals surface area contributed by atoms with Crippen LogP contribution in [0.1, 0.15) is 0 Å². The van der Waals surface area contributed by atoms with Gasteiger partial charge >= 0.3 is 0 Å². The molecule has 0 atom stereocenters. The Balaban J connectivity index is 1.32. The van der Waals surface area contributed by atoms with E-state index in [1.54, 1.807) is 0 Å². The zero-order valence-electron chi connectivity index (χ0n) is 21.5. The van der Waals surface area contributed by atoms with Gasteiger partial charge in [0.1, 0.15) is 0 Å².